The Balaban J connectivity index is 2.21. The number of likely N-dealkylation sites (N-methyl/N-ethyl adjacent to an activating group) is 1. The van der Waals surface area contributed by atoms with E-state index in [0.717, 1.165) is 36.6 Å². The van der Waals surface area contributed by atoms with E-state index in [9.17, 15) is 0 Å². The lowest BCUT2D eigenvalue weighted by Crippen LogP contribution is -2.33. The zero-order chi connectivity index (χ0) is 14.7. The predicted octanol–water partition coefficient (Wildman–Crippen LogP) is 3.31. The van der Waals surface area contributed by atoms with Crippen molar-refractivity contribution in [2.45, 2.75) is 46.2 Å². The van der Waals surface area contributed by atoms with Crippen LogP contribution in [0, 0.1) is 6.92 Å². The van der Waals surface area contributed by atoms with Gasteiger partial charge < -0.3 is 10.6 Å². The van der Waals surface area contributed by atoms with Crippen molar-refractivity contribution >= 4 is 22.8 Å². The van der Waals surface area contributed by atoms with Crippen molar-refractivity contribution < 1.29 is 0 Å². The molecule has 2 heterocycles. The minimum Gasteiger partial charge on any atom is -0.394 e. The van der Waals surface area contributed by atoms with Crippen molar-refractivity contribution in [3.63, 3.8) is 0 Å². The number of anilines is 2. The fourth-order valence-corrected chi connectivity index (χ4v) is 3.21. The van der Waals surface area contributed by atoms with Crippen LogP contribution >= 0.6 is 11.3 Å². The van der Waals surface area contributed by atoms with E-state index < -0.39 is 0 Å². The van der Waals surface area contributed by atoms with Crippen molar-refractivity contribution in [2.24, 2.45) is 0 Å². The molecule has 2 N–H and O–H groups in total. The first-order chi connectivity index (χ1) is 9.54. The Morgan fingerprint density at radius 3 is 2.85 bits per heavy atom. The average Bonchev–Trinajstić information content (AvgIpc) is 2.99. The summed E-state index contributed by atoms with van der Waals surface area (Å²) in [6.07, 6.45) is 2.09. The molecule has 2 aromatic heterocycles. The Morgan fingerprint density at radius 1 is 1.50 bits per heavy atom. The first kappa shape index (κ1) is 14.9. The van der Waals surface area contributed by atoms with Gasteiger partial charge in [-0.05, 0) is 31.7 Å². The molecule has 2 aromatic rings. The molecule has 4 nitrogen and oxygen atoms in total. The molecule has 110 valence electrons. The molecule has 5 heteroatoms. The Kier molecular flexibility index (Phi) is 4.70. The fourth-order valence-electron chi connectivity index (χ4n) is 2.39. The van der Waals surface area contributed by atoms with E-state index in [1.54, 1.807) is 0 Å². The zero-order valence-corrected chi connectivity index (χ0v) is 13.6. The lowest BCUT2D eigenvalue weighted by molar-refractivity contribution is 0.573. The van der Waals surface area contributed by atoms with E-state index >= 15 is 0 Å². The quantitative estimate of drug-likeness (QED) is 0.888. The maximum atomic E-state index is 6.22. The summed E-state index contributed by atoms with van der Waals surface area (Å²) in [6.45, 7) is 7.27. The number of nitrogens with two attached hydrogens (primary N) is 1. The summed E-state index contributed by atoms with van der Waals surface area (Å²) in [7, 11) is 2.11. The second-order valence-electron chi connectivity index (χ2n) is 5.29. The summed E-state index contributed by atoms with van der Waals surface area (Å²) in [5.41, 5.74) is 7.95. The predicted molar refractivity (Wildman–Crippen MR) is 87.6 cm³/mol. The monoisotopic (exact) mass is 292 g/mol. The topological polar surface area (TPSA) is 47.1 Å². The number of rotatable bonds is 6. The Morgan fingerprint density at radius 2 is 2.25 bits per heavy atom. The number of aryl methyl sites for hydroxylation is 2. The minimum absolute atomic E-state index is 0.391. The van der Waals surface area contributed by atoms with Crippen LogP contribution < -0.4 is 10.6 Å². The smallest absolute Gasteiger partial charge is 0.150 e. The minimum atomic E-state index is 0.391. The van der Waals surface area contributed by atoms with Crippen LogP contribution in [0.5, 0.6) is 0 Å². The van der Waals surface area contributed by atoms with Crippen LogP contribution in [0.3, 0.4) is 0 Å². The molecule has 20 heavy (non-hydrogen) atoms. The van der Waals surface area contributed by atoms with Gasteiger partial charge in [0.05, 0.1) is 11.4 Å². The lowest BCUT2D eigenvalue weighted by atomic mass is 10.2. The number of nitrogens with zero attached hydrogens (tertiary/aromatic N) is 3. The van der Waals surface area contributed by atoms with Gasteiger partial charge >= 0.3 is 0 Å². The first-order valence-electron chi connectivity index (χ1n) is 7.12. The highest BCUT2D eigenvalue weighted by Gasteiger charge is 2.20. The van der Waals surface area contributed by atoms with Gasteiger partial charge in [0.25, 0.3) is 0 Å². The molecule has 0 saturated heterocycles. The molecule has 1 atom stereocenters. The molecule has 2 rings (SSSR count). The molecule has 0 radical (unpaired) electrons. The molecule has 0 spiro atoms. The van der Waals surface area contributed by atoms with E-state index in [-0.39, 0.29) is 0 Å². The van der Waals surface area contributed by atoms with Crippen LogP contribution in [0.1, 0.15) is 30.8 Å². The highest BCUT2D eigenvalue weighted by molar-refractivity contribution is 7.09. The van der Waals surface area contributed by atoms with Gasteiger partial charge in [-0.25, -0.2) is 4.68 Å². The summed E-state index contributed by atoms with van der Waals surface area (Å²) in [5.74, 6) is 1.05. The zero-order valence-electron chi connectivity index (χ0n) is 12.8. The third-order valence-corrected chi connectivity index (χ3v) is 4.55. The van der Waals surface area contributed by atoms with Gasteiger partial charge in [-0.1, -0.05) is 13.0 Å². The van der Waals surface area contributed by atoms with Gasteiger partial charge in [0.2, 0.25) is 0 Å². The van der Waals surface area contributed by atoms with Crippen molar-refractivity contribution in [1.29, 1.82) is 0 Å². The second kappa shape index (κ2) is 6.31. The molecule has 0 saturated carbocycles. The second-order valence-corrected chi connectivity index (χ2v) is 6.32. The number of hydrogen-bond acceptors (Lipinski definition) is 4. The van der Waals surface area contributed by atoms with Gasteiger partial charge in [-0.15, -0.1) is 11.3 Å². The van der Waals surface area contributed by atoms with Crippen LogP contribution in [0.25, 0.3) is 0 Å². The highest BCUT2D eigenvalue weighted by atomic mass is 32.1. The van der Waals surface area contributed by atoms with Gasteiger partial charge in [-0.2, -0.15) is 5.10 Å². The third kappa shape index (κ3) is 2.98. The van der Waals surface area contributed by atoms with Crippen LogP contribution in [0.4, 0.5) is 11.5 Å². The molecule has 0 aliphatic rings. The molecule has 0 aromatic carbocycles. The maximum Gasteiger partial charge on any atom is 0.150 e. The number of thiophene rings is 1. The van der Waals surface area contributed by atoms with Crippen LogP contribution in [0.15, 0.2) is 17.5 Å². The standard InChI is InChI=1S/C15H24N4S/c1-5-8-19-15(14(16)12(3)17-19)18(4)11(2)10-13-7-6-9-20-13/h6-7,9,11H,5,8,10,16H2,1-4H3. The van der Waals surface area contributed by atoms with E-state index in [4.69, 9.17) is 5.73 Å². The average molecular weight is 292 g/mol. The molecule has 0 fully saturated rings. The maximum absolute atomic E-state index is 6.22. The van der Waals surface area contributed by atoms with Crippen molar-refractivity contribution in [3.8, 4) is 0 Å². The molecule has 0 aliphatic carbocycles. The van der Waals surface area contributed by atoms with E-state index in [2.05, 4.69) is 48.4 Å². The van der Waals surface area contributed by atoms with Crippen LogP contribution in [-0.4, -0.2) is 22.9 Å². The summed E-state index contributed by atoms with van der Waals surface area (Å²) in [4.78, 5) is 3.66. The van der Waals surface area contributed by atoms with Crippen LogP contribution in [-0.2, 0) is 13.0 Å². The van der Waals surface area contributed by atoms with E-state index in [1.165, 1.54) is 4.88 Å². The molecular weight excluding hydrogens is 268 g/mol. The fraction of sp³-hybridized carbons (Fsp3) is 0.533. The summed E-state index contributed by atoms with van der Waals surface area (Å²) >= 11 is 1.81. The number of nitrogen functional groups attached to an aromatic ring is 1. The molecule has 0 amide bonds. The highest BCUT2D eigenvalue weighted by Crippen LogP contribution is 2.28. The van der Waals surface area contributed by atoms with E-state index in [1.807, 2.05) is 22.9 Å². The first-order valence-corrected chi connectivity index (χ1v) is 8.00. The summed E-state index contributed by atoms with van der Waals surface area (Å²) in [6, 6.07) is 4.68. The summed E-state index contributed by atoms with van der Waals surface area (Å²) < 4.78 is 2.04. The van der Waals surface area contributed by atoms with Crippen LogP contribution in [0.2, 0.25) is 0 Å². The van der Waals surface area contributed by atoms with Gasteiger partial charge in [0, 0.05) is 30.9 Å². The van der Waals surface area contributed by atoms with Gasteiger partial charge in [0.1, 0.15) is 0 Å². The van der Waals surface area contributed by atoms with Crippen molar-refractivity contribution in [2.75, 3.05) is 17.7 Å². The number of hydrogen-bond donors (Lipinski definition) is 1. The van der Waals surface area contributed by atoms with Gasteiger partial charge in [-0.3, -0.25) is 0 Å². The molecule has 1 unspecified atom stereocenters. The molecular formula is C15H24N4S. The van der Waals surface area contributed by atoms with Crippen molar-refractivity contribution in [1.82, 2.24) is 9.78 Å². The van der Waals surface area contributed by atoms with E-state index in [0.29, 0.717) is 6.04 Å². The lowest BCUT2D eigenvalue weighted by Gasteiger charge is -2.27. The Labute approximate surface area is 125 Å². The third-order valence-electron chi connectivity index (χ3n) is 3.65. The molecule has 0 aliphatic heterocycles. The summed E-state index contributed by atoms with van der Waals surface area (Å²) in [5, 5.41) is 6.68. The Hall–Kier alpha value is -1.49. The Bertz CT molecular complexity index is 544. The normalized spacial score (nSPS) is 12.6. The SMILES string of the molecule is CCCn1nc(C)c(N)c1N(C)C(C)Cc1cccs1. The number of aromatic nitrogens is 2. The van der Waals surface area contributed by atoms with Gasteiger partial charge in [0.15, 0.2) is 5.82 Å². The molecule has 0 bridgehead atoms. The largest absolute Gasteiger partial charge is 0.394 e. The van der Waals surface area contributed by atoms with Crippen molar-refractivity contribution in [3.05, 3.63) is 28.1 Å².